The second-order valence-electron chi connectivity index (χ2n) is 6.43. The van der Waals surface area contributed by atoms with Crippen LogP contribution in [0.1, 0.15) is 18.6 Å². The molecule has 0 spiro atoms. The summed E-state index contributed by atoms with van der Waals surface area (Å²) in [5.41, 5.74) is 3.84. The molecule has 1 fully saturated rings. The molecule has 0 amide bonds. The highest BCUT2D eigenvalue weighted by Crippen LogP contribution is 2.28. The van der Waals surface area contributed by atoms with Crippen LogP contribution in [0.25, 0.3) is 11.3 Å². The summed E-state index contributed by atoms with van der Waals surface area (Å²) in [7, 11) is 0. The van der Waals surface area contributed by atoms with Gasteiger partial charge in [0.2, 0.25) is 0 Å². The van der Waals surface area contributed by atoms with Crippen molar-refractivity contribution in [2.75, 3.05) is 19.6 Å². The summed E-state index contributed by atoms with van der Waals surface area (Å²) in [5.74, 6) is 0.676. The second kappa shape index (κ2) is 8.87. The average molecular weight is 376 g/mol. The SMILES string of the molecule is O=C(O)[C@H]1CNC[C@@H](CCN/N=C/c2ccc(-c3ccccc3Cl)o2)C1. The Labute approximate surface area is 157 Å². The summed E-state index contributed by atoms with van der Waals surface area (Å²) in [6.45, 7) is 2.10. The fourth-order valence-electron chi connectivity index (χ4n) is 3.11. The zero-order valence-electron chi connectivity index (χ0n) is 14.3. The van der Waals surface area contributed by atoms with E-state index >= 15 is 0 Å². The lowest BCUT2D eigenvalue weighted by Gasteiger charge is -2.27. The van der Waals surface area contributed by atoms with Crippen molar-refractivity contribution in [3.8, 4) is 11.3 Å². The standard InChI is InChI=1S/C19H22ClN3O3/c20-17-4-2-1-3-16(17)18-6-5-15(26-18)12-23-22-8-7-13-9-14(19(24)25)11-21-10-13/h1-6,12-14,21-22H,7-11H2,(H,24,25)/b23-12+/t13-,14+/m0/s1. The lowest BCUT2D eigenvalue weighted by Crippen LogP contribution is -2.40. The van der Waals surface area contributed by atoms with Gasteiger partial charge in [-0.3, -0.25) is 4.79 Å². The third-order valence-electron chi connectivity index (χ3n) is 4.50. The molecule has 6 nitrogen and oxygen atoms in total. The van der Waals surface area contributed by atoms with Crippen molar-refractivity contribution in [3.05, 3.63) is 47.2 Å². The molecule has 0 bridgehead atoms. The van der Waals surface area contributed by atoms with Gasteiger partial charge in [-0.2, -0.15) is 5.10 Å². The van der Waals surface area contributed by atoms with Gasteiger partial charge in [0, 0.05) is 18.7 Å². The van der Waals surface area contributed by atoms with Crippen LogP contribution in [0.5, 0.6) is 0 Å². The topological polar surface area (TPSA) is 86.9 Å². The molecule has 7 heteroatoms. The Morgan fingerprint density at radius 1 is 1.35 bits per heavy atom. The maximum Gasteiger partial charge on any atom is 0.307 e. The molecular formula is C19H22ClN3O3. The Hall–Kier alpha value is -2.31. The number of aliphatic carboxylic acids is 1. The molecule has 1 aliphatic heterocycles. The van der Waals surface area contributed by atoms with Gasteiger partial charge in [0.25, 0.3) is 0 Å². The molecule has 1 aromatic heterocycles. The number of carbonyl (C=O) groups is 1. The molecule has 1 saturated heterocycles. The zero-order valence-corrected chi connectivity index (χ0v) is 15.1. The maximum absolute atomic E-state index is 11.1. The molecule has 2 atom stereocenters. The summed E-state index contributed by atoms with van der Waals surface area (Å²) in [4.78, 5) is 11.1. The van der Waals surface area contributed by atoms with Gasteiger partial charge in [0.05, 0.1) is 17.2 Å². The molecule has 138 valence electrons. The number of furan rings is 1. The van der Waals surface area contributed by atoms with E-state index in [0.29, 0.717) is 42.0 Å². The lowest BCUT2D eigenvalue weighted by molar-refractivity contribution is -0.142. The van der Waals surface area contributed by atoms with Crippen LogP contribution in [-0.4, -0.2) is 36.9 Å². The first-order valence-electron chi connectivity index (χ1n) is 8.67. The Kier molecular flexibility index (Phi) is 6.30. The van der Waals surface area contributed by atoms with E-state index < -0.39 is 5.97 Å². The van der Waals surface area contributed by atoms with Crippen LogP contribution in [0.2, 0.25) is 5.02 Å². The van der Waals surface area contributed by atoms with Crippen molar-refractivity contribution >= 4 is 23.8 Å². The fraction of sp³-hybridized carbons (Fsp3) is 0.368. The van der Waals surface area contributed by atoms with Crippen LogP contribution in [0, 0.1) is 11.8 Å². The first kappa shape index (κ1) is 18.5. The molecule has 0 unspecified atom stereocenters. The number of benzene rings is 1. The van der Waals surface area contributed by atoms with Crippen LogP contribution in [0.3, 0.4) is 0 Å². The predicted octanol–water partition coefficient (Wildman–Crippen LogP) is 3.22. The van der Waals surface area contributed by atoms with E-state index in [1.165, 1.54) is 0 Å². The molecule has 0 saturated carbocycles. The number of hydrogen-bond acceptors (Lipinski definition) is 5. The molecule has 2 aromatic rings. The number of hydrazone groups is 1. The van der Waals surface area contributed by atoms with Gasteiger partial charge < -0.3 is 20.3 Å². The predicted molar refractivity (Wildman–Crippen MR) is 101 cm³/mol. The first-order valence-corrected chi connectivity index (χ1v) is 9.05. The molecule has 1 aromatic carbocycles. The minimum absolute atomic E-state index is 0.288. The number of piperidine rings is 1. The van der Waals surface area contributed by atoms with Crippen molar-refractivity contribution in [3.63, 3.8) is 0 Å². The summed E-state index contributed by atoms with van der Waals surface area (Å²) in [6, 6.07) is 11.2. The summed E-state index contributed by atoms with van der Waals surface area (Å²) in [5, 5.41) is 17.1. The Balaban J connectivity index is 1.45. The summed E-state index contributed by atoms with van der Waals surface area (Å²) < 4.78 is 5.74. The van der Waals surface area contributed by atoms with Gasteiger partial charge in [0.1, 0.15) is 11.5 Å². The number of nitrogens with one attached hydrogen (secondary N) is 2. The van der Waals surface area contributed by atoms with Gasteiger partial charge in [0.15, 0.2) is 0 Å². The molecule has 26 heavy (non-hydrogen) atoms. The summed E-state index contributed by atoms with van der Waals surface area (Å²) in [6.07, 6.45) is 3.21. The number of halogens is 1. The Morgan fingerprint density at radius 2 is 2.19 bits per heavy atom. The largest absolute Gasteiger partial charge is 0.481 e. The molecule has 2 heterocycles. The van der Waals surface area contributed by atoms with Crippen LogP contribution in [0.15, 0.2) is 45.9 Å². The van der Waals surface area contributed by atoms with Gasteiger partial charge in [-0.25, -0.2) is 0 Å². The number of hydrogen-bond donors (Lipinski definition) is 3. The smallest absolute Gasteiger partial charge is 0.307 e. The normalized spacial score (nSPS) is 20.3. The van der Waals surface area contributed by atoms with Crippen LogP contribution in [0.4, 0.5) is 0 Å². The molecule has 0 aliphatic carbocycles. The zero-order chi connectivity index (χ0) is 18.4. The van der Waals surface area contributed by atoms with E-state index in [1.54, 1.807) is 6.21 Å². The lowest BCUT2D eigenvalue weighted by atomic mass is 9.88. The van der Waals surface area contributed by atoms with E-state index in [4.69, 9.17) is 21.1 Å². The van der Waals surface area contributed by atoms with Gasteiger partial charge in [-0.15, -0.1) is 0 Å². The van der Waals surface area contributed by atoms with Crippen molar-refractivity contribution < 1.29 is 14.3 Å². The van der Waals surface area contributed by atoms with Crippen molar-refractivity contribution in [2.24, 2.45) is 16.9 Å². The summed E-state index contributed by atoms with van der Waals surface area (Å²) >= 11 is 6.17. The molecule has 1 aliphatic rings. The molecular weight excluding hydrogens is 354 g/mol. The van der Waals surface area contributed by atoms with E-state index in [0.717, 1.165) is 18.5 Å². The Morgan fingerprint density at radius 3 is 3.00 bits per heavy atom. The van der Waals surface area contributed by atoms with Gasteiger partial charge >= 0.3 is 5.97 Å². The highest BCUT2D eigenvalue weighted by Gasteiger charge is 2.26. The van der Waals surface area contributed by atoms with Crippen molar-refractivity contribution in [1.29, 1.82) is 0 Å². The average Bonchev–Trinajstić information content (AvgIpc) is 3.11. The highest BCUT2D eigenvalue weighted by atomic mass is 35.5. The molecule has 0 radical (unpaired) electrons. The number of rotatable bonds is 7. The quantitative estimate of drug-likeness (QED) is 0.393. The van der Waals surface area contributed by atoms with Crippen LogP contribution in [-0.2, 0) is 4.79 Å². The number of carboxylic acid groups (broad SMARTS) is 1. The first-order chi connectivity index (χ1) is 12.6. The molecule has 3 N–H and O–H groups in total. The second-order valence-corrected chi connectivity index (χ2v) is 6.84. The van der Waals surface area contributed by atoms with Crippen LogP contribution >= 0.6 is 11.6 Å². The number of carboxylic acids is 1. The minimum atomic E-state index is -0.722. The minimum Gasteiger partial charge on any atom is -0.481 e. The third kappa shape index (κ3) is 4.86. The molecule has 3 rings (SSSR count). The van der Waals surface area contributed by atoms with Gasteiger partial charge in [-0.1, -0.05) is 23.7 Å². The highest BCUT2D eigenvalue weighted by molar-refractivity contribution is 6.33. The fourth-order valence-corrected chi connectivity index (χ4v) is 3.34. The third-order valence-corrected chi connectivity index (χ3v) is 4.83. The van der Waals surface area contributed by atoms with E-state index in [-0.39, 0.29) is 5.92 Å². The van der Waals surface area contributed by atoms with Crippen LogP contribution < -0.4 is 10.7 Å². The van der Waals surface area contributed by atoms with Crippen molar-refractivity contribution in [1.82, 2.24) is 10.7 Å². The monoisotopic (exact) mass is 375 g/mol. The van der Waals surface area contributed by atoms with Gasteiger partial charge in [-0.05, 0) is 49.6 Å². The van der Waals surface area contributed by atoms with E-state index in [1.807, 2.05) is 36.4 Å². The van der Waals surface area contributed by atoms with E-state index in [9.17, 15) is 4.79 Å². The maximum atomic E-state index is 11.1. The van der Waals surface area contributed by atoms with Crippen molar-refractivity contribution in [2.45, 2.75) is 12.8 Å². The number of nitrogens with zero attached hydrogens (tertiary/aromatic N) is 1. The Bertz CT molecular complexity index is 775. The van der Waals surface area contributed by atoms with E-state index in [2.05, 4.69) is 15.8 Å².